The number of hydrogen-bond acceptors (Lipinski definition) is 1. The minimum atomic E-state index is 1.08. The summed E-state index contributed by atoms with van der Waals surface area (Å²) in [6, 6.07) is 62.4. The van der Waals surface area contributed by atoms with E-state index in [1.54, 1.807) is 0 Å². The number of rotatable bonds is 3. The fourth-order valence-electron chi connectivity index (χ4n) is 8.93. The zero-order valence-corrected chi connectivity index (χ0v) is 28.1. The van der Waals surface area contributed by atoms with Gasteiger partial charge in [-0.15, -0.1) is 0 Å². The summed E-state index contributed by atoms with van der Waals surface area (Å²) < 4.78 is 4.83. The molecule has 0 saturated heterocycles. The van der Waals surface area contributed by atoms with E-state index < -0.39 is 0 Å². The lowest BCUT2D eigenvalue weighted by atomic mass is 10.00. The Morgan fingerprint density at radius 2 is 1.00 bits per heavy atom. The molecule has 0 unspecified atom stereocenters. The summed E-state index contributed by atoms with van der Waals surface area (Å²) in [5, 5.41) is 10.0. The minimum Gasteiger partial charge on any atom is -0.309 e. The first-order valence-corrected chi connectivity index (χ1v) is 17.9. The van der Waals surface area contributed by atoms with Crippen molar-refractivity contribution in [1.82, 2.24) is 14.1 Å². The Morgan fingerprint density at radius 1 is 0.346 bits per heavy atom. The predicted molar refractivity (Wildman–Crippen MR) is 218 cm³/mol. The molecule has 0 radical (unpaired) electrons. The van der Waals surface area contributed by atoms with Crippen LogP contribution in [0.1, 0.15) is 0 Å². The molecule has 1 aliphatic rings. The zero-order valence-electron chi connectivity index (χ0n) is 28.1. The molecule has 0 fully saturated rings. The SMILES string of the molecule is c1ccc(-n2c3ccc(-c4ccc5c(c4)c4ccccc4n5-c4ccc5c(c4)-c4cccc6ccnc-5c46)cc3c3cc4ccccc4cc32)cc1. The molecule has 11 aromatic rings. The summed E-state index contributed by atoms with van der Waals surface area (Å²) in [5.74, 6) is 0. The molecule has 0 saturated carbocycles. The predicted octanol–water partition coefficient (Wildman–Crippen LogP) is 12.9. The van der Waals surface area contributed by atoms with E-state index in [9.17, 15) is 0 Å². The van der Waals surface area contributed by atoms with Gasteiger partial charge in [0.15, 0.2) is 0 Å². The number of pyridine rings is 1. The van der Waals surface area contributed by atoms with Gasteiger partial charge in [0.25, 0.3) is 0 Å². The molecule has 3 heterocycles. The van der Waals surface area contributed by atoms with Crippen LogP contribution in [0.25, 0.3) is 110 Å². The van der Waals surface area contributed by atoms with Crippen molar-refractivity contribution in [1.29, 1.82) is 0 Å². The van der Waals surface area contributed by atoms with E-state index in [2.05, 4.69) is 179 Å². The number of aromatic nitrogens is 3. The molecule has 0 aliphatic heterocycles. The molecule has 0 atom stereocenters. The summed E-state index contributed by atoms with van der Waals surface area (Å²) in [5.41, 5.74) is 14.4. The molecule has 240 valence electrons. The van der Waals surface area contributed by atoms with Crippen molar-refractivity contribution in [2.45, 2.75) is 0 Å². The fraction of sp³-hybridized carbons (Fsp3) is 0. The average Bonchev–Trinajstić information content (AvgIpc) is 3.83. The van der Waals surface area contributed by atoms with Crippen LogP contribution in [0.2, 0.25) is 0 Å². The van der Waals surface area contributed by atoms with Crippen molar-refractivity contribution in [2.24, 2.45) is 0 Å². The second-order valence-electron chi connectivity index (χ2n) is 14.0. The first-order valence-electron chi connectivity index (χ1n) is 17.9. The van der Waals surface area contributed by atoms with Crippen molar-refractivity contribution >= 4 is 65.2 Å². The van der Waals surface area contributed by atoms with Crippen LogP contribution in [-0.2, 0) is 0 Å². The van der Waals surface area contributed by atoms with Crippen molar-refractivity contribution in [3.63, 3.8) is 0 Å². The van der Waals surface area contributed by atoms with Crippen LogP contribution in [0.4, 0.5) is 0 Å². The lowest BCUT2D eigenvalue weighted by Gasteiger charge is -2.11. The zero-order chi connectivity index (χ0) is 33.9. The maximum atomic E-state index is 4.81. The molecule has 0 amide bonds. The van der Waals surface area contributed by atoms with Crippen molar-refractivity contribution < 1.29 is 0 Å². The van der Waals surface area contributed by atoms with Crippen molar-refractivity contribution in [2.75, 3.05) is 0 Å². The lowest BCUT2D eigenvalue weighted by molar-refractivity contribution is 1.18. The Bertz CT molecular complexity index is 3280. The third-order valence-electron chi connectivity index (χ3n) is 11.3. The quantitative estimate of drug-likeness (QED) is 0.185. The van der Waals surface area contributed by atoms with Crippen LogP contribution >= 0.6 is 0 Å². The first kappa shape index (κ1) is 27.8. The van der Waals surface area contributed by atoms with Gasteiger partial charge in [-0.25, -0.2) is 0 Å². The van der Waals surface area contributed by atoms with Crippen molar-refractivity contribution in [3.05, 3.63) is 176 Å². The monoisotopic (exact) mass is 659 g/mol. The normalized spacial score (nSPS) is 12.2. The highest BCUT2D eigenvalue weighted by Crippen LogP contribution is 2.47. The lowest BCUT2D eigenvalue weighted by Crippen LogP contribution is -1.94. The Labute approximate surface area is 299 Å². The van der Waals surface area contributed by atoms with Crippen LogP contribution in [0.3, 0.4) is 0 Å². The molecule has 0 N–H and O–H groups in total. The van der Waals surface area contributed by atoms with Crippen molar-refractivity contribution in [3.8, 4) is 44.9 Å². The maximum Gasteiger partial charge on any atom is 0.0792 e. The first-order chi connectivity index (χ1) is 25.8. The molecule has 3 heteroatoms. The summed E-state index contributed by atoms with van der Waals surface area (Å²) in [7, 11) is 0. The number of hydrogen-bond donors (Lipinski definition) is 0. The maximum absolute atomic E-state index is 4.81. The van der Waals surface area contributed by atoms with E-state index in [1.807, 2.05) is 6.20 Å². The third kappa shape index (κ3) is 3.77. The Hall–Kier alpha value is -6.97. The molecule has 0 bridgehead atoms. The van der Waals surface area contributed by atoms with Gasteiger partial charge in [-0.3, -0.25) is 4.98 Å². The highest BCUT2D eigenvalue weighted by molar-refractivity contribution is 6.16. The van der Waals surface area contributed by atoms with Gasteiger partial charge in [0.2, 0.25) is 0 Å². The molecular weight excluding hydrogens is 631 g/mol. The molecule has 8 aromatic carbocycles. The van der Waals surface area contributed by atoms with Gasteiger partial charge in [0.05, 0.1) is 27.8 Å². The van der Waals surface area contributed by atoms with E-state index in [0.717, 1.165) is 11.4 Å². The van der Waals surface area contributed by atoms with E-state index in [-0.39, 0.29) is 0 Å². The highest BCUT2D eigenvalue weighted by Gasteiger charge is 2.24. The summed E-state index contributed by atoms with van der Waals surface area (Å²) in [6.45, 7) is 0. The van der Waals surface area contributed by atoms with E-state index in [0.29, 0.717) is 0 Å². The molecule has 52 heavy (non-hydrogen) atoms. The number of nitrogens with zero attached hydrogens (tertiary/aromatic N) is 3. The van der Waals surface area contributed by atoms with Crippen LogP contribution < -0.4 is 0 Å². The Kier molecular flexibility index (Phi) is 5.50. The molecule has 0 spiro atoms. The van der Waals surface area contributed by atoms with Gasteiger partial charge in [-0.2, -0.15) is 0 Å². The number of para-hydroxylation sites is 2. The van der Waals surface area contributed by atoms with Crippen LogP contribution in [0.5, 0.6) is 0 Å². The van der Waals surface area contributed by atoms with E-state index >= 15 is 0 Å². The number of benzene rings is 8. The van der Waals surface area contributed by atoms with Crippen LogP contribution in [-0.4, -0.2) is 14.1 Å². The summed E-state index contributed by atoms with van der Waals surface area (Å²) in [4.78, 5) is 4.81. The summed E-state index contributed by atoms with van der Waals surface area (Å²) >= 11 is 0. The van der Waals surface area contributed by atoms with Gasteiger partial charge in [-0.05, 0) is 111 Å². The molecule has 12 rings (SSSR count). The second kappa shape index (κ2) is 10.3. The van der Waals surface area contributed by atoms with E-state index in [4.69, 9.17) is 4.98 Å². The molecule has 3 aromatic heterocycles. The topological polar surface area (TPSA) is 22.8 Å². The van der Waals surface area contributed by atoms with Crippen LogP contribution in [0.15, 0.2) is 176 Å². The number of fused-ring (bicyclic) bond motifs is 10. The highest BCUT2D eigenvalue weighted by atomic mass is 15.0. The molecule has 3 nitrogen and oxygen atoms in total. The second-order valence-corrected chi connectivity index (χ2v) is 14.0. The van der Waals surface area contributed by atoms with Crippen LogP contribution in [0, 0.1) is 0 Å². The molecular formula is C49H29N3. The third-order valence-corrected chi connectivity index (χ3v) is 11.3. The van der Waals surface area contributed by atoms with Gasteiger partial charge < -0.3 is 9.13 Å². The van der Waals surface area contributed by atoms with Gasteiger partial charge in [-0.1, -0.05) is 97.1 Å². The average molecular weight is 660 g/mol. The Balaban J connectivity index is 1.05. The summed E-state index contributed by atoms with van der Waals surface area (Å²) in [6.07, 6.45) is 1.93. The largest absolute Gasteiger partial charge is 0.309 e. The van der Waals surface area contributed by atoms with Gasteiger partial charge in [0, 0.05) is 50.1 Å². The van der Waals surface area contributed by atoms with E-state index in [1.165, 1.54) is 98.7 Å². The smallest absolute Gasteiger partial charge is 0.0792 e. The fourth-order valence-corrected chi connectivity index (χ4v) is 8.93. The standard InChI is InChI=1S/C49H29N3/c1-2-12-35(13-3-1)51-46-22-18-34(27-42(46)43-25-31-9-4-5-10-32(31)28-47(43)51)33-17-21-45-41(26-33)37-14-6-7-16-44(37)52(45)36-19-20-39-40(29-36)38-15-8-11-30-23-24-50-49(39)48(30)38/h1-29H. The Morgan fingerprint density at radius 3 is 1.83 bits per heavy atom. The minimum absolute atomic E-state index is 1.08. The van der Waals surface area contributed by atoms with Gasteiger partial charge in [0.1, 0.15) is 0 Å². The van der Waals surface area contributed by atoms with Gasteiger partial charge >= 0.3 is 0 Å². The molecule has 1 aliphatic carbocycles.